The Hall–Kier alpha value is -1.15. The Morgan fingerprint density at radius 3 is 2.40 bits per heavy atom. The third-order valence-electron chi connectivity index (χ3n) is 2.93. The van der Waals surface area contributed by atoms with Crippen molar-refractivity contribution in [2.75, 3.05) is 13.2 Å². The van der Waals surface area contributed by atoms with E-state index in [-0.39, 0.29) is 11.7 Å². The van der Waals surface area contributed by atoms with Crippen molar-refractivity contribution in [3.63, 3.8) is 0 Å². The number of hydrogen-bond donors (Lipinski definition) is 0. The molecule has 1 aromatic rings. The summed E-state index contributed by atoms with van der Waals surface area (Å²) in [5, 5.41) is 0. The number of carbonyl (C=O) groups excluding carboxylic acids is 1. The average Bonchev–Trinajstić information content (AvgIpc) is 2.30. The topological polar surface area (TPSA) is 26.3 Å². The monoisotopic (exact) mass is 204 g/mol. The van der Waals surface area contributed by atoms with Crippen molar-refractivity contribution in [2.24, 2.45) is 5.92 Å². The van der Waals surface area contributed by atoms with Gasteiger partial charge in [-0.1, -0.05) is 29.8 Å². The van der Waals surface area contributed by atoms with Gasteiger partial charge in [-0.3, -0.25) is 4.79 Å². The minimum absolute atomic E-state index is 0.168. The molecule has 0 aromatic heterocycles. The number of benzene rings is 1. The molecule has 1 saturated heterocycles. The molecule has 15 heavy (non-hydrogen) atoms. The lowest BCUT2D eigenvalue weighted by atomic mass is 9.91. The minimum atomic E-state index is 0.168. The molecule has 1 aromatic carbocycles. The fourth-order valence-electron chi connectivity index (χ4n) is 1.91. The second kappa shape index (κ2) is 4.58. The number of ether oxygens (including phenoxy) is 1. The largest absolute Gasteiger partial charge is 0.381 e. The van der Waals surface area contributed by atoms with E-state index in [4.69, 9.17) is 4.74 Å². The maximum Gasteiger partial charge on any atom is 0.166 e. The van der Waals surface area contributed by atoms with Crippen molar-refractivity contribution in [3.05, 3.63) is 35.4 Å². The Bertz CT molecular complexity index is 334. The zero-order valence-corrected chi connectivity index (χ0v) is 9.03. The standard InChI is InChI=1S/C13H16O2/c1-10-2-4-11(5-3-10)13(14)12-6-8-15-9-7-12/h2-5,12H,6-9H2,1H3. The van der Waals surface area contributed by atoms with Crippen LogP contribution < -0.4 is 0 Å². The van der Waals surface area contributed by atoms with Crippen LogP contribution in [0.25, 0.3) is 0 Å². The van der Waals surface area contributed by atoms with Gasteiger partial charge in [0.2, 0.25) is 0 Å². The summed E-state index contributed by atoms with van der Waals surface area (Å²) in [7, 11) is 0. The summed E-state index contributed by atoms with van der Waals surface area (Å²) in [6, 6.07) is 7.83. The molecule has 0 amide bonds. The molecule has 0 saturated carbocycles. The highest BCUT2D eigenvalue weighted by Gasteiger charge is 2.22. The normalized spacial score (nSPS) is 17.7. The molecule has 0 bridgehead atoms. The van der Waals surface area contributed by atoms with E-state index in [2.05, 4.69) is 0 Å². The Morgan fingerprint density at radius 1 is 1.20 bits per heavy atom. The van der Waals surface area contributed by atoms with E-state index in [0.717, 1.165) is 31.6 Å². The fraction of sp³-hybridized carbons (Fsp3) is 0.462. The molecule has 0 spiro atoms. The number of hydrogen-bond acceptors (Lipinski definition) is 2. The second-order valence-electron chi connectivity index (χ2n) is 4.12. The van der Waals surface area contributed by atoms with E-state index in [1.54, 1.807) is 0 Å². The highest BCUT2D eigenvalue weighted by molar-refractivity contribution is 5.97. The molecule has 1 heterocycles. The Labute approximate surface area is 90.3 Å². The van der Waals surface area contributed by atoms with E-state index in [0.29, 0.717) is 0 Å². The van der Waals surface area contributed by atoms with Crippen molar-refractivity contribution in [3.8, 4) is 0 Å². The number of Topliss-reactive ketones (excluding diaryl/α,β-unsaturated/α-hetero) is 1. The predicted molar refractivity (Wildman–Crippen MR) is 59.1 cm³/mol. The van der Waals surface area contributed by atoms with Gasteiger partial charge in [0.15, 0.2) is 5.78 Å². The minimum Gasteiger partial charge on any atom is -0.381 e. The fourth-order valence-corrected chi connectivity index (χ4v) is 1.91. The van der Waals surface area contributed by atoms with Crippen LogP contribution in [-0.2, 0) is 4.74 Å². The molecule has 0 radical (unpaired) electrons. The highest BCUT2D eigenvalue weighted by atomic mass is 16.5. The summed E-state index contributed by atoms with van der Waals surface area (Å²) in [4.78, 5) is 12.1. The quantitative estimate of drug-likeness (QED) is 0.692. The zero-order valence-electron chi connectivity index (χ0n) is 9.03. The van der Waals surface area contributed by atoms with Crippen LogP contribution in [0.15, 0.2) is 24.3 Å². The number of aryl methyl sites for hydroxylation is 1. The summed E-state index contributed by atoms with van der Waals surface area (Å²) < 4.78 is 5.25. The van der Waals surface area contributed by atoms with Gasteiger partial charge in [-0.15, -0.1) is 0 Å². The third kappa shape index (κ3) is 2.45. The summed E-state index contributed by atoms with van der Waals surface area (Å²) in [6.45, 7) is 3.48. The predicted octanol–water partition coefficient (Wildman–Crippen LogP) is 2.60. The SMILES string of the molecule is Cc1ccc(C(=O)C2CCOCC2)cc1. The summed E-state index contributed by atoms with van der Waals surface area (Å²) in [6.07, 6.45) is 1.74. The van der Waals surface area contributed by atoms with Crippen molar-refractivity contribution >= 4 is 5.78 Å². The molecular formula is C13H16O2. The Morgan fingerprint density at radius 2 is 1.80 bits per heavy atom. The molecule has 2 heteroatoms. The van der Waals surface area contributed by atoms with Crippen molar-refractivity contribution in [1.29, 1.82) is 0 Å². The van der Waals surface area contributed by atoms with Gasteiger partial charge in [0.1, 0.15) is 0 Å². The lowest BCUT2D eigenvalue weighted by molar-refractivity contribution is 0.0545. The van der Waals surface area contributed by atoms with Crippen LogP contribution in [0.1, 0.15) is 28.8 Å². The van der Waals surface area contributed by atoms with Crippen LogP contribution >= 0.6 is 0 Å². The lowest BCUT2D eigenvalue weighted by Gasteiger charge is -2.20. The van der Waals surface area contributed by atoms with E-state index in [1.165, 1.54) is 5.56 Å². The van der Waals surface area contributed by atoms with Gasteiger partial charge < -0.3 is 4.74 Å². The van der Waals surface area contributed by atoms with E-state index in [1.807, 2.05) is 31.2 Å². The first-order valence-corrected chi connectivity index (χ1v) is 5.46. The first-order valence-electron chi connectivity index (χ1n) is 5.46. The maximum absolute atomic E-state index is 12.1. The Balaban J connectivity index is 2.09. The number of carbonyl (C=O) groups is 1. The van der Waals surface area contributed by atoms with Crippen LogP contribution in [0.5, 0.6) is 0 Å². The Kier molecular flexibility index (Phi) is 3.17. The van der Waals surface area contributed by atoms with Gasteiger partial charge in [0, 0.05) is 24.7 Å². The van der Waals surface area contributed by atoms with Crippen LogP contribution in [0.3, 0.4) is 0 Å². The number of ketones is 1. The van der Waals surface area contributed by atoms with E-state index in [9.17, 15) is 4.79 Å². The van der Waals surface area contributed by atoms with Gasteiger partial charge in [0.05, 0.1) is 0 Å². The summed E-state index contributed by atoms with van der Waals surface area (Å²) in [5.41, 5.74) is 2.03. The number of rotatable bonds is 2. The third-order valence-corrected chi connectivity index (χ3v) is 2.93. The van der Waals surface area contributed by atoms with Crippen molar-refractivity contribution in [2.45, 2.75) is 19.8 Å². The van der Waals surface area contributed by atoms with Gasteiger partial charge >= 0.3 is 0 Å². The van der Waals surface area contributed by atoms with Crippen LogP contribution in [0.2, 0.25) is 0 Å². The van der Waals surface area contributed by atoms with Gasteiger partial charge in [-0.2, -0.15) is 0 Å². The molecule has 2 rings (SSSR count). The van der Waals surface area contributed by atoms with Gasteiger partial charge in [-0.25, -0.2) is 0 Å². The van der Waals surface area contributed by atoms with Crippen LogP contribution in [-0.4, -0.2) is 19.0 Å². The van der Waals surface area contributed by atoms with Crippen molar-refractivity contribution in [1.82, 2.24) is 0 Å². The molecule has 0 unspecified atom stereocenters. The van der Waals surface area contributed by atoms with Gasteiger partial charge in [-0.05, 0) is 19.8 Å². The maximum atomic E-state index is 12.1. The summed E-state index contributed by atoms with van der Waals surface area (Å²) >= 11 is 0. The van der Waals surface area contributed by atoms with Crippen LogP contribution in [0, 0.1) is 12.8 Å². The summed E-state index contributed by atoms with van der Waals surface area (Å²) in [5.74, 6) is 0.444. The first-order chi connectivity index (χ1) is 7.27. The smallest absolute Gasteiger partial charge is 0.166 e. The van der Waals surface area contributed by atoms with Crippen LogP contribution in [0.4, 0.5) is 0 Å². The lowest BCUT2D eigenvalue weighted by Crippen LogP contribution is -2.23. The first kappa shape index (κ1) is 10.4. The molecule has 0 atom stereocenters. The van der Waals surface area contributed by atoms with Gasteiger partial charge in [0.25, 0.3) is 0 Å². The highest BCUT2D eigenvalue weighted by Crippen LogP contribution is 2.20. The molecule has 0 N–H and O–H groups in total. The van der Waals surface area contributed by atoms with E-state index < -0.39 is 0 Å². The molecule has 1 aliphatic heterocycles. The average molecular weight is 204 g/mol. The molecular weight excluding hydrogens is 188 g/mol. The molecule has 1 fully saturated rings. The molecule has 80 valence electrons. The molecule has 0 aliphatic carbocycles. The van der Waals surface area contributed by atoms with Crippen molar-refractivity contribution < 1.29 is 9.53 Å². The van der Waals surface area contributed by atoms with E-state index >= 15 is 0 Å². The molecule has 1 aliphatic rings. The molecule has 2 nitrogen and oxygen atoms in total. The second-order valence-corrected chi connectivity index (χ2v) is 4.12. The zero-order chi connectivity index (χ0) is 10.7.